The molecule has 5 N–H and O–H groups in total. The van der Waals surface area contributed by atoms with Crippen molar-refractivity contribution in [2.24, 2.45) is 0 Å². The third-order valence-electron chi connectivity index (χ3n) is 1.02. The Morgan fingerprint density at radius 3 is 1.73 bits per heavy atom. The molecule has 0 saturated heterocycles. The number of aliphatic carboxylic acids is 1. The minimum atomic E-state index is -5.08. The second kappa shape index (κ2) is 5.03. The number of anilines is 2. The van der Waals surface area contributed by atoms with Crippen LogP contribution in [0, 0.1) is 0 Å². The summed E-state index contributed by atoms with van der Waals surface area (Å²) in [6.45, 7) is 0. The second-order valence-electron chi connectivity index (χ2n) is 2.35. The summed E-state index contributed by atoms with van der Waals surface area (Å²) in [6, 6.07) is 1.66. The molecule has 0 aliphatic carbocycles. The maximum Gasteiger partial charge on any atom is 0.490 e. The molecule has 0 radical (unpaired) electrons. The standard InChI is InChI=1S/C5H7N3.C2HF3O2/c6-4-1-5(7)3-8-2-4;3-2(4,5)1(6)7/h1-3H,6-7H2;(H,6,7). The fraction of sp³-hybridized carbons (Fsp3) is 0.143. The smallest absolute Gasteiger partial charge is 0.475 e. The lowest BCUT2D eigenvalue weighted by atomic mass is 10.4. The molecular weight excluding hydrogens is 215 g/mol. The van der Waals surface area contributed by atoms with E-state index in [1.165, 1.54) is 0 Å². The molecule has 84 valence electrons. The van der Waals surface area contributed by atoms with Gasteiger partial charge in [-0.3, -0.25) is 4.98 Å². The van der Waals surface area contributed by atoms with Crippen LogP contribution in [0.4, 0.5) is 24.5 Å². The number of carboxylic acids is 1. The van der Waals surface area contributed by atoms with Gasteiger partial charge in [0.15, 0.2) is 0 Å². The van der Waals surface area contributed by atoms with Crippen molar-refractivity contribution in [1.82, 2.24) is 4.98 Å². The number of alkyl halides is 3. The first-order valence-electron chi connectivity index (χ1n) is 3.49. The van der Waals surface area contributed by atoms with E-state index in [2.05, 4.69) is 4.98 Å². The number of nitrogens with two attached hydrogens (primary N) is 2. The highest BCUT2D eigenvalue weighted by Gasteiger charge is 2.38. The largest absolute Gasteiger partial charge is 0.490 e. The average Bonchev–Trinajstić information content (AvgIpc) is 2.02. The molecule has 0 bridgehead atoms. The summed E-state index contributed by atoms with van der Waals surface area (Å²) in [7, 11) is 0. The summed E-state index contributed by atoms with van der Waals surface area (Å²) in [4.78, 5) is 12.6. The quantitative estimate of drug-likeness (QED) is 0.605. The van der Waals surface area contributed by atoms with Gasteiger partial charge in [-0.1, -0.05) is 0 Å². The molecule has 0 aliphatic rings. The monoisotopic (exact) mass is 223 g/mol. The molecule has 0 unspecified atom stereocenters. The zero-order chi connectivity index (χ0) is 12.1. The number of aromatic nitrogens is 1. The average molecular weight is 223 g/mol. The number of pyridine rings is 1. The van der Waals surface area contributed by atoms with Crippen molar-refractivity contribution in [2.75, 3.05) is 11.5 Å². The lowest BCUT2D eigenvalue weighted by Crippen LogP contribution is -2.21. The van der Waals surface area contributed by atoms with E-state index in [0.717, 1.165) is 0 Å². The van der Waals surface area contributed by atoms with Crippen LogP contribution in [0.2, 0.25) is 0 Å². The highest BCUT2D eigenvalue weighted by Crippen LogP contribution is 2.13. The first kappa shape index (κ1) is 13.0. The van der Waals surface area contributed by atoms with Crippen molar-refractivity contribution in [3.63, 3.8) is 0 Å². The van der Waals surface area contributed by atoms with Crippen LogP contribution in [0.1, 0.15) is 0 Å². The van der Waals surface area contributed by atoms with Gasteiger partial charge in [-0.15, -0.1) is 0 Å². The third kappa shape index (κ3) is 6.13. The van der Waals surface area contributed by atoms with Gasteiger partial charge in [0.2, 0.25) is 0 Å². The molecule has 0 aromatic carbocycles. The van der Waals surface area contributed by atoms with Gasteiger partial charge >= 0.3 is 12.1 Å². The van der Waals surface area contributed by atoms with E-state index in [1.807, 2.05) is 0 Å². The van der Waals surface area contributed by atoms with Crippen LogP contribution in [0.25, 0.3) is 0 Å². The number of nitrogens with zero attached hydrogens (tertiary/aromatic N) is 1. The Bertz CT molecular complexity index is 323. The lowest BCUT2D eigenvalue weighted by Gasteiger charge is -1.93. The Hall–Kier alpha value is -1.99. The summed E-state index contributed by atoms with van der Waals surface area (Å²) in [5.74, 6) is -2.76. The van der Waals surface area contributed by atoms with E-state index in [4.69, 9.17) is 21.4 Å². The summed E-state index contributed by atoms with van der Waals surface area (Å²) in [5, 5.41) is 7.12. The molecule has 1 rings (SSSR count). The molecule has 5 nitrogen and oxygen atoms in total. The van der Waals surface area contributed by atoms with Crippen molar-refractivity contribution in [1.29, 1.82) is 0 Å². The highest BCUT2D eigenvalue weighted by molar-refractivity contribution is 5.73. The molecule has 1 heterocycles. The van der Waals surface area contributed by atoms with Gasteiger partial charge in [0, 0.05) is 12.4 Å². The van der Waals surface area contributed by atoms with Crippen LogP contribution in [0.5, 0.6) is 0 Å². The predicted molar refractivity (Wildman–Crippen MR) is 46.8 cm³/mol. The summed E-state index contributed by atoms with van der Waals surface area (Å²) < 4.78 is 31.7. The molecule has 1 aromatic rings. The van der Waals surface area contributed by atoms with Crippen molar-refractivity contribution in [3.8, 4) is 0 Å². The molecule has 15 heavy (non-hydrogen) atoms. The molecule has 0 saturated carbocycles. The van der Waals surface area contributed by atoms with Crippen LogP contribution in [0.3, 0.4) is 0 Å². The van der Waals surface area contributed by atoms with Gasteiger partial charge in [-0.2, -0.15) is 13.2 Å². The van der Waals surface area contributed by atoms with E-state index in [9.17, 15) is 13.2 Å². The molecular formula is C7H8F3N3O2. The number of nitrogen functional groups attached to an aromatic ring is 2. The Kier molecular flexibility index (Phi) is 4.36. The first-order chi connectivity index (χ1) is 6.73. The fourth-order valence-electron chi connectivity index (χ4n) is 0.476. The van der Waals surface area contributed by atoms with E-state index < -0.39 is 12.1 Å². The summed E-state index contributed by atoms with van der Waals surface area (Å²) >= 11 is 0. The minimum Gasteiger partial charge on any atom is -0.475 e. The SMILES string of the molecule is Nc1cncc(N)c1.O=C(O)C(F)(F)F. The number of carboxylic acid groups (broad SMARTS) is 1. The number of hydrogen-bond donors (Lipinski definition) is 3. The topological polar surface area (TPSA) is 102 Å². The molecule has 0 atom stereocenters. The molecule has 0 fully saturated rings. The van der Waals surface area contributed by atoms with Gasteiger partial charge in [-0.25, -0.2) is 4.79 Å². The van der Waals surface area contributed by atoms with Crippen LogP contribution in [0.15, 0.2) is 18.5 Å². The third-order valence-corrected chi connectivity index (χ3v) is 1.02. The maximum atomic E-state index is 10.6. The predicted octanol–water partition coefficient (Wildman–Crippen LogP) is 0.879. The number of rotatable bonds is 0. The van der Waals surface area contributed by atoms with Gasteiger partial charge in [0.25, 0.3) is 0 Å². The Labute approximate surface area is 82.5 Å². The molecule has 0 aliphatic heterocycles. The fourth-order valence-corrected chi connectivity index (χ4v) is 0.476. The summed E-state index contributed by atoms with van der Waals surface area (Å²) in [6.07, 6.45) is -1.98. The van der Waals surface area contributed by atoms with Gasteiger partial charge in [0.05, 0.1) is 11.4 Å². The van der Waals surface area contributed by atoms with Crippen LogP contribution in [-0.4, -0.2) is 22.2 Å². The molecule has 1 aromatic heterocycles. The Balaban J connectivity index is 0.000000265. The van der Waals surface area contributed by atoms with Crippen molar-refractivity contribution >= 4 is 17.3 Å². The zero-order valence-corrected chi connectivity index (χ0v) is 7.32. The number of hydrogen-bond acceptors (Lipinski definition) is 4. The van der Waals surface area contributed by atoms with Gasteiger partial charge < -0.3 is 16.6 Å². The second-order valence-corrected chi connectivity index (χ2v) is 2.35. The number of halogens is 3. The Morgan fingerprint density at radius 2 is 1.60 bits per heavy atom. The zero-order valence-electron chi connectivity index (χ0n) is 7.32. The first-order valence-corrected chi connectivity index (χ1v) is 3.49. The van der Waals surface area contributed by atoms with Crippen LogP contribution in [-0.2, 0) is 4.79 Å². The molecule has 0 spiro atoms. The summed E-state index contributed by atoms with van der Waals surface area (Å²) in [5.41, 5.74) is 11.8. The van der Waals surface area contributed by atoms with E-state index in [1.54, 1.807) is 18.5 Å². The van der Waals surface area contributed by atoms with Gasteiger partial charge in [0.1, 0.15) is 0 Å². The van der Waals surface area contributed by atoms with E-state index in [0.29, 0.717) is 11.4 Å². The maximum absolute atomic E-state index is 10.6. The molecule has 8 heteroatoms. The highest BCUT2D eigenvalue weighted by atomic mass is 19.4. The van der Waals surface area contributed by atoms with Crippen molar-refractivity contribution in [2.45, 2.75) is 6.18 Å². The minimum absolute atomic E-state index is 0.602. The normalized spacial score (nSPS) is 10.1. The van der Waals surface area contributed by atoms with Crippen LogP contribution >= 0.6 is 0 Å². The lowest BCUT2D eigenvalue weighted by molar-refractivity contribution is -0.192. The van der Waals surface area contributed by atoms with E-state index >= 15 is 0 Å². The van der Waals surface area contributed by atoms with Crippen LogP contribution < -0.4 is 11.5 Å². The van der Waals surface area contributed by atoms with E-state index in [-0.39, 0.29) is 0 Å². The van der Waals surface area contributed by atoms with Crippen molar-refractivity contribution < 1.29 is 23.1 Å². The van der Waals surface area contributed by atoms with Crippen molar-refractivity contribution in [3.05, 3.63) is 18.5 Å². The number of carbonyl (C=O) groups is 1. The molecule has 0 amide bonds. The Morgan fingerprint density at radius 1 is 1.27 bits per heavy atom. The van der Waals surface area contributed by atoms with Gasteiger partial charge in [-0.05, 0) is 6.07 Å².